The molecule has 0 saturated carbocycles. The average Bonchev–Trinajstić information content (AvgIpc) is 2.79. The van der Waals surface area contributed by atoms with E-state index in [9.17, 15) is 9.90 Å². The number of nitrogens with zero attached hydrogens (tertiary/aromatic N) is 1. The molecular weight excluding hydrogens is 388 g/mol. The van der Waals surface area contributed by atoms with Crippen LogP contribution in [-0.4, -0.2) is 48.3 Å². The maximum absolute atomic E-state index is 11.2. The van der Waals surface area contributed by atoms with Gasteiger partial charge in [-0.25, -0.2) is 4.79 Å². The normalized spacial score (nSPS) is 18.2. The maximum atomic E-state index is 11.2. The van der Waals surface area contributed by atoms with Crippen molar-refractivity contribution in [2.75, 3.05) is 26.2 Å². The third kappa shape index (κ3) is 5.50. The molecule has 1 unspecified atom stereocenters. The van der Waals surface area contributed by atoms with Crippen LogP contribution in [0.1, 0.15) is 40.9 Å². The van der Waals surface area contributed by atoms with Crippen LogP contribution >= 0.6 is 0 Å². The number of benzene rings is 3. The number of morpholine rings is 1. The van der Waals surface area contributed by atoms with Crippen LogP contribution in [0, 0.1) is 0 Å². The average molecular weight is 419 g/mol. The first kappa shape index (κ1) is 21.5. The first-order valence-electron chi connectivity index (χ1n) is 11.0. The number of fused-ring (bicyclic) bond motifs is 1. The molecule has 1 aliphatic rings. The summed E-state index contributed by atoms with van der Waals surface area (Å²) in [5.41, 5.74) is 2.69. The van der Waals surface area contributed by atoms with E-state index >= 15 is 0 Å². The molecular formula is C26H30N2O3. The van der Waals surface area contributed by atoms with Crippen LogP contribution in [0.3, 0.4) is 0 Å². The van der Waals surface area contributed by atoms with Crippen LogP contribution in [0.15, 0.2) is 66.7 Å². The molecule has 0 radical (unpaired) electrons. The number of aromatic carboxylic acids is 1. The second kappa shape index (κ2) is 10.1. The Morgan fingerprint density at radius 1 is 1.16 bits per heavy atom. The summed E-state index contributed by atoms with van der Waals surface area (Å²) >= 11 is 0. The van der Waals surface area contributed by atoms with Crippen molar-refractivity contribution in [3.63, 3.8) is 0 Å². The lowest BCUT2D eigenvalue weighted by Gasteiger charge is -2.33. The van der Waals surface area contributed by atoms with Crippen LogP contribution < -0.4 is 5.32 Å². The Balaban J connectivity index is 1.29. The fourth-order valence-electron chi connectivity index (χ4n) is 4.36. The number of hydrogen-bond donors (Lipinski definition) is 2. The monoisotopic (exact) mass is 418 g/mol. The summed E-state index contributed by atoms with van der Waals surface area (Å²) < 4.78 is 5.99. The van der Waals surface area contributed by atoms with E-state index in [2.05, 4.69) is 59.6 Å². The lowest BCUT2D eigenvalue weighted by molar-refractivity contribution is -0.0346. The van der Waals surface area contributed by atoms with Crippen molar-refractivity contribution in [1.29, 1.82) is 0 Å². The molecule has 31 heavy (non-hydrogen) atoms. The van der Waals surface area contributed by atoms with Gasteiger partial charge < -0.3 is 15.2 Å². The van der Waals surface area contributed by atoms with Gasteiger partial charge in [-0.15, -0.1) is 0 Å². The molecule has 3 aromatic carbocycles. The quantitative estimate of drug-likeness (QED) is 0.565. The number of carboxylic acid groups (broad SMARTS) is 1. The minimum Gasteiger partial charge on any atom is -0.478 e. The van der Waals surface area contributed by atoms with Crippen molar-refractivity contribution in [1.82, 2.24) is 10.2 Å². The van der Waals surface area contributed by atoms with Crippen molar-refractivity contribution in [2.45, 2.75) is 32.0 Å². The number of carbonyl (C=O) groups is 1. The van der Waals surface area contributed by atoms with Crippen LogP contribution in [0.4, 0.5) is 0 Å². The van der Waals surface area contributed by atoms with Gasteiger partial charge in [0.2, 0.25) is 0 Å². The van der Waals surface area contributed by atoms with Gasteiger partial charge in [-0.3, -0.25) is 4.90 Å². The van der Waals surface area contributed by atoms with E-state index in [-0.39, 0.29) is 12.1 Å². The number of rotatable bonds is 8. The Morgan fingerprint density at radius 3 is 2.84 bits per heavy atom. The molecule has 0 spiro atoms. The molecule has 2 atom stereocenters. The smallest absolute Gasteiger partial charge is 0.335 e. The SMILES string of the molecule is C[C@@H](NCCC1CN(Cc2cccc(C(=O)O)c2)CCO1)c1cccc2ccccc12. The number of ether oxygens (including phenoxy) is 1. The molecule has 4 rings (SSSR count). The molecule has 0 amide bonds. The highest BCUT2D eigenvalue weighted by atomic mass is 16.5. The van der Waals surface area contributed by atoms with Gasteiger partial charge in [-0.2, -0.15) is 0 Å². The summed E-state index contributed by atoms with van der Waals surface area (Å²) in [6.07, 6.45) is 1.13. The van der Waals surface area contributed by atoms with E-state index in [1.165, 1.54) is 16.3 Å². The first-order valence-corrected chi connectivity index (χ1v) is 11.0. The van der Waals surface area contributed by atoms with Crippen molar-refractivity contribution in [2.24, 2.45) is 0 Å². The zero-order chi connectivity index (χ0) is 21.6. The van der Waals surface area contributed by atoms with Gasteiger partial charge in [0.25, 0.3) is 0 Å². The van der Waals surface area contributed by atoms with Crippen LogP contribution in [-0.2, 0) is 11.3 Å². The Bertz CT molecular complexity index is 1030. The van der Waals surface area contributed by atoms with Crippen LogP contribution in [0.5, 0.6) is 0 Å². The predicted octanol–water partition coefficient (Wildman–Crippen LogP) is 4.48. The number of nitrogens with one attached hydrogen (secondary N) is 1. The molecule has 1 fully saturated rings. The molecule has 1 saturated heterocycles. The topological polar surface area (TPSA) is 61.8 Å². The summed E-state index contributed by atoms with van der Waals surface area (Å²) in [6.45, 7) is 6.29. The molecule has 1 heterocycles. The number of carboxylic acids is 1. The van der Waals surface area contributed by atoms with Gasteiger partial charge in [0, 0.05) is 25.7 Å². The molecule has 0 bridgehead atoms. The summed E-state index contributed by atoms with van der Waals surface area (Å²) in [5, 5.41) is 15.4. The summed E-state index contributed by atoms with van der Waals surface area (Å²) in [5.74, 6) is -0.881. The summed E-state index contributed by atoms with van der Waals surface area (Å²) in [6, 6.07) is 22.5. The molecule has 0 aromatic heterocycles. The van der Waals surface area contributed by atoms with E-state index in [1.807, 2.05) is 12.1 Å². The minimum absolute atomic E-state index is 0.184. The highest BCUT2D eigenvalue weighted by Crippen LogP contribution is 2.24. The van der Waals surface area contributed by atoms with Crippen molar-refractivity contribution in [3.8, 4) is 0 Å². The highest BCUT2D eigenvalue weighted by molar-refractivity contribution is 5.87. The zero-order valence-corrected chi connectivity index (χ0v) is 18.0. The first-order chi connectivity index (χ1) is 15.1. The molecule has 0 aliphatic carbocycles. The van der Waals surface area contributed by atoms with Gasteiger partial charge in [-0.05, 0) is 53.9 Å². The van der Waals surface area contributed by atoms with Crippen molar-refractivity contribution >= 4 is 16.7 Å². The highest BCUT2D eigenvalue weighted by Gasteiger charge is 2.21. The van der Waals surface area contributed by atoms with Crippen molar-refractivity contribution in [3.05, 3.63) is 83.4 Å². The predicted molar refractivity (Wildman–Crippen MR) is 123 cm³/mol. The van der Waals surface area contributed by atoms with Crippen molar-refractivity contribution < 1.29 is 14.6 Å². The van der Waals surface area contributed by atoms with E-state index in [0.29, 0.717) is 12.2 Å². The largest absolute Gasteiger partial charge is 0.478 e. The van der Waals surface area contributed by atoms with Gasteiger partial charge >= 0.3 is 5.97 Å². The lowest BCUT2D eigenvalue weighted by atomic mass is 9.99. The second-order valence-electron chi connectivity index (χ2n) is 8.27. The Hall–Kier alpha value is -2.73. The summed E-state index contributed by atoms with van der Waals surface area (Å²) in [4.78, 5) is 13.6. The maximum Gasteiger partial charge on any atom is 0.335 e. The van der Waals surface area contributed by atoms with Gasteiger partial charge in [-0.1, -0.05) is 54.6 Å². The molecule has 5 nitrogen and oxygen atoms in total. The van der Waals surface area contributed by atoms with E-state index < -0.39 is 5.97 Å². The fourth-order valence-corrected chi connectivity index (χ4v) is 4.36. The molecule has 1 aliphatic heterocycles. The number of hydrogen-bond acceptors (Lipinski definition) is 4. The van der Waals surface area contributed by atoms with Crippen LogP contribution in [0.2, 0.25) is 0 Å². The Labute approximate surface area is 183 Å². The lowest BCUT2D eigenvalue weighted by Crippen LogP contribution is -2.43. The van der Waals surface area contributed by atoms with E-state index in [1.54, 1.807) is 12.1 Å². The zero-order valence-electron chi connectivity index (χ0n) is 18.0. The fraction of sp³-hybridized carbons (Fsp3) is 0.346. The third-order valence-corrected chi connectivity index (χ3v) is 6.01. The molecule has 162 valence electrons. The van der Waals surface area contributed by atoms with E-state index in [0.717, 1.165) is 38.2 Å². The van der Waals surface area contributed by atoms with Gasteiger partial charge in [0.1, 0.15) is 0 Å². The molecule has 3 aromatic rings. The summed E-state index contributed by atoms with van der Waals surface area (Å²) in [7, 11) is 0. The molecule has 2 N–H and O–H groups in total. The standard InChI is InChI=1S/C26H30N2O3/c1-19(24-11-5-8-21-7-2-3-10-25(21)24)27-13-12-23-18-28(14-15-31-23)17-20-6-4-9-22(16-20)26(29)30/h2-11,16,19,23,27H,12-15,17-18H2,1H3,(H,29,30)/t19-,23?/m1/s1. The second-order valence-corrected chi connectivity index (χ2v) is 8.27. The van der Waals surface area contributed by atoms with Gasteiger partial charge in [0.05, 0.1) is 18.3 Å². The van der Waals surface area contributed by atoms with Crippen LogP contribution in [0.25, 0.3) is 10.8 Å². The van der Waals surface area contributed by atoms with Gasteiger partial charge in [0.15, 0.2) is 0 Å². The van der Waals surface area contributed by atoms with E-state index in [4.69, 9.17) is 4.74 Å². The Morgan fingerprint density at radius 2 is 1.97 bits per heavy atom. The Kier molecular flexibility index (Phi) is 6.97. The minimum atomic E-state index is -0.881. The third-order valence-electron chi connectivity index (χ3n) is 6.01. The molecule has 5 heteroatoms.